The van der Waals surface area contributed by atoms with Gasteiger partial charge in [0.1, 0.15) is 15.6 Å². The minimum absolute atomic E-state index is 0.348. The maximum atomic E-state index is 11.4. The van der Waals surface area contributed by atoms with Crippen molar-refractivity contribution >= 4 is 32.9 Å². The smallest absolute Gasteiger partial charge is 0.339 e. The Balaban J connectivity index is 2.43. The summed E-state index contributed by atoms with van der Waals surface area (Å²) in [7, 11) is 0. The topological polar surface area (TPSA) is 67.9 Å². The number of nitrogens with zero attached hydrogens (tertiary/aromatic N) is 2. The van der Waals surface area contributed by atoms with Gasteiger partial charge in [-0.15, -0.1) is 0 Å². The van der Waals surface area contributed by atoms with Gasteiger partial charge in [0.2, 0.25) is 0 Å². The number of nitrogens with one attached hydrogen (secondary N) is 1. The van der Waals surface area contributed by atoms with Crippen LogP contribution in [-0.4, -0.2) is 27.8 Å². The summed E-state index contributed by atoms with van der Waals surface area (Å²) < 4.78 is 5.56. The van der Waals surface area contributed by atoms with Crippen LogP contribution in [-0.2, 0) is 4.74 Å². The number of esters is 1. The molecule has 2 aromatic heterocycles. The Bertz CT molecular complexity index is 509. The van der Waals surface area contributed by atoms with Gasteiger partial charge in [-0.05, 0) is 28.9 Å². The Hall–Kier alpha value is -1.43. The molecule has 0 aliphatic rings. The molecular weight excluding hydrogens is 262 g/mol. The zero-order valence-electron chi connectivity index (χ0n) is 7.95. The predicted molar refractivity (Wildman–Crippen MR) is 57.5 cm³/mol. The summed E-state index contributed by atoms with van der Waals surface area (Å²) >= 11 is 3.26. The zero-order chi connectivity index (χ0) is 10.8. The molecule has 0 unspecified atom stereocenters. The van der Waals surface area contributed by atoms with E-state index in [9.17, 15) is 4.79 Å². The normalized spacial score (nSPS) is 10.5. The minimum atomic E-state index is -0.383. The molecule has 0 aliphatic heterocycles. The van der Waals surface area contributed by atoms with Crippen LogP contribution >= 0.6 is 15.9 Å². The number of aromatic amines is 1. The highest BCUT2D eigenvalue weighted by Crippen LogP contribution is 2.19. The fourth-order valence-electron chi connectivity index (χ4n) is 1.20. The highest BCUT2D eigenvalue weighted by molar-refractivity contribution is 9.10. The zero-order valence-corrected chi connectivity index (χ0v) is 9.54. The van der Waals surface area contributed by atoms with Crippen LogP contribution in [0.1, 0.15) is 17.3 Å². The number of aromatic nitrogens is 3. The van der Waals surface area contributed by atoms with Crippen molar-refractivity contribution in [3.05, 3.63) is 22.4 Å². The number of carbonyl (C=O) groups is 1. The minimum Gasteiger partial charge on any atom is -0.462 e. The molecule has 2 aromatic rings. The predicted octanol–water partition coefficient (Wildman–Crippen LogP) is 1.90. The molecule has 5 nitrogen and oxygen atoms in total. The number of fused-ring (bicyclic) bond motifs is 1. The molecule has 1 N–H and O–H groups in total. The number of hydrogen-bond donors (Lipinski definition) is 1. The summed E-state index contributed by atoms with van der Waals surface area (Å²) in [5.74, 6) is -0.383. The standard InChI is InChI=1S/C9H8BrN3O2/c1-2-15-9(14)5-3-6-7(11-4-5)8(10)13-12-6/h3-4H,2H2,1H3,(H,12,13). The third-order valence-corrected chi connectivity index (χ3v) is 2.41. The van der Waals surface area contributed by atoms with Gasteiger partial charge in [-0.25, -0.2) is 4.79 Å². The van der Waals surface area contributed by atoms with E-state index >= 15 is 0 Å². The van der Waals surface area contributed by atoms with Crippen LogP contribution in [0.4, 0.5) is 0 Å². The Kier molecular flexibility index (Phi) is 2.68. The molecule has 0 radical (unpaired) electrons. The molecule has 0 saturated carbocycles. The molecule has 0 bridgehead atoms. The molecule has 0 amide bonds. The second-order valence-corrected chi connectivity index (χ2v) is 3.64. The Morgan fingerprint density at radius 1 is 1.67 bits per heavy atom. The number of ether oxygens (including phenoxy) is 1. The van der Waals surface area contributed by atoms with E-state index in [0.717, 1.165) is 0 Å². The summed E-state index contributed by atoms with van der Waals surface area (Å²) in [6.07, 6.45) is 1.47. The molecule has 2 heterocycles. The number of hydrogen-bond acceptors (Lipinski definition) is 4. The first-order valence-electron chi connectivity index (χ1n) is 4.39. The third kappa shape index (κ3) is 1.85. The van der Waals surface area contributed by atoms with Crippen molar-refractivity contribution in [3.8, 4) is 0 Å². The summed E-state index contributed by atoms with van der Waals surface area (Å²) in [4.78, 5) is 15.5. The average Bonchev–Trinajstić information content (AvgIpc) is 2.60. The Morgan fingerprint density at radius 3 is 3.20 bits per heavy atom. The van der Waals surface area contributed by atoms with Crippen LogP contribution in [0.2, 0.25) is 0 Å². The van der Waals surface area contributed by atoms with Gasteiger partial charge in [-0.2, -0.15) is 5.10 Å². The summed E-state index contributed by atoms with van der Waals surface area (Å²) in [5, 5.41) is 6.71. The number of rotatable bonds is 2. The number of pyridine rings is 1. The lowest BCUT2D eigenvalue weighted by Gasteiger charge is -2.00. The van der Waals surface area contributed by atoms with Crippen LogP contribution in [0.15, 0.2) is 16.9 Å². The fourth-order valence-corrected chi connectivity index (χ4v) is 1.59. The van der Waals surface area contributed by atoms with Crippen LogP contribution < -0.4 is 0 Å². The highest BCUT2D eigenvalue weighted by atomic mass is 79.9. The van der Waals surface area contributed by atoms with Crippen molar-refractivity contribution < 1.29 is 9.53 Å². The molecule has 2 rings (SSSR count). The maximum Gasteiger partial charge on any atom is 0.339 e. The van der Waals surface area contributed by atoms with E-state index in [1.807, 2.05) is 0 Å². The second kappa shape index (κ2) is 3.98. The van der Waals surface area contributed by atoms with Crippen LogP contribution in [0.5, 0.6) is 0 Å². The first-order chi connectivity index (χ1) is 7.22. The number of carbonyl (C=O) groups excluding carboxylic acids is 1. The molecule has 6 heteroatoms. The first-order valence-corrected chi connectivity index (χ1v) is 5.18. The molecule has 0 aliphatic carbocycles. The Labute approximate surface area is 94.0 Å². The van der Waals surface area contributed by atoms with Gasteiger partial charge in [0.15, 0.2) is 0 Å². The van der Waals surface area contributed by atoms with Crippen LogP contribution in [0.25, 0.3) is 11.0 Å². The van der Waals surface area contributed by atoms with E-state index in [2.05, 4.69) is 31.1 Å². The van der Waals surface area contributed by atoms with Crippen molar-refractivity contribution in [2.45, 2.75) is 6.92 Å². The number of H-pyrrole nitrogens is 1. The van der Waals surface area contributed by atoms with Crippen LogP contribution in [0.3, 0.4) is 0 Å². The van der Waals surface area contributed by atoms with Gasteiger partial charge in [0, 0.05) is 6.20 Å². The van der Waals surface area contributed by atoms with E-state index in [1.165, 1.54) is 6.20 Å². The van der Waals surface area contributed by atoms with Gasteiger partial charge in [0.05, 0.1) is 12.2 Å². The van der Waals surface area contributed by atoms with Gasteiger partial charge in [0.25, 0.3) is 0 Å². The first kappa shape index (κ1) is 10.1. The third-order valence-electron chi connectivity index (χ3n) is 1.86. The van der Waals surface area contributed by atoms with Crippen molar-refractivity contribution in [2.75, 3.05) is 6.61 Å². The molecule has 0 fully saturated rings. The average molecular weight is 270 g/mol. The molecule has 0 spiro atoms. The molecule has 0 saturated heterocycles. The second-order valence-electron chi connectivity index (χ2n) is 2.85. The molecule has 15 heavy (non-hydrogen) atoms. The summed E-state index contributed by atoms with van der Waals surface area (Å²) in [5.41, 5.74) is 1.74. The van der Waals surface area contributed by atoms with E-state index in [4.69, 9.17) is 4.74 Å². The maximum absolute atomic E-state index is 11.4. The molecular formula is C9H8BrN3O2. The van der Waals surface area contributed by atoms with Gasteiger partial charge in [-0.3, -0.25) is 10.1 Å². The van der Waals surface area contributed by atoms with Crippen molar-refractivity contribution in [3.63, 3.8) is 0 Å². The molecule has 0 aromatic carbocycles. The van der Waals surface area contributed by atoms with Crippen molar-refractivity contribution in [1.82, 2.24) is 15.2 Å². The Morgan fingerprint density at radius 2 is 2.47 bits per heavy atom. The van der Waals surface area contributed by atoms with E-state index < -0.39 is 0 Å². The lowest BCUT2D eigenvalue weighted by molar-refractivity contribution is 0.0526. The van der Waals surface area contributed by atoms with Crippen molar-refractivity contribution in [1.29, 1.82) is 0 Å². The van der Waals surface area contributed by atoms with Gasteiger partial charge < -0.3 is 4.74 Å². The van der Waals surface area contributed by atoms with E-state index in [-0.39, 0.29) is 5.97 Å². The largest absolute Gasteiger partial charge is 0.462 e. The molecule has 78 valence electrons. The fraction of sp³-hybridized carbons (Fsp3) is 0.222. The van der Waals surface area contributed by atoms with E-state index in [0.29, 0.717) is 27.8 Å². The van der Waals surface area contributed by atoms with E-state index in [1.54, 1.807) is 13.0 Å². The highest BCUT2D eigenvalue weighted by Gasteiger charge is 2.10. The monoisotopic (exact) mass is 269 g/mol. The lowest BCUT2D eigenvalue weighted by atomic mass is 10.2. The lowest BCUT2D eigenvalue weighted by Crippen LogP contribution is -2.04. The SMILES string of the molecule is CCOC(=O)c1cnc2c(Br)[nH]nc2c1. The van der Waals surface area contributed by atoms with Gasteiger partial charge >= 0.3 is 5.97 Å². The molecule has 0 atom stereocenters. The van der Waals surface area contributed by atoms with Crippen molar-refractivity contribution in [2.24, 2.45) is 0 Å². The van der Waals surface area contributed by atoms with Crippen LogP contribution in [0, 0.1) is 0 Å². The number of halogens is 1. The summed E-state index contributed by atoms with van der Waals surface area (Å²) in [6.45, 7) is 2.11. The quantitative estimate of drug-likeness (QED) is 0.846. The van der Waals surface area contributed by atoms with Gasteiger partial charge in [-0.1, -0.05) is 0 Å². The summed E-state index contributed by atoms with van der Waals surface area (Å²) in [6, 6.07) is 1.64.